The van der Waals surface area contributed by atoms with E-state index in [-0.39, 0.29) is 0 Å². The van der Waals surface area contributed by atoms with Gasteiger partial charge in [-0.1, -0.05) is 83.1 Å². The maximum absolute atomic E-state index is 4.64. The average Bonchev–Trinajstić information content (AvgIpc) is 4.04. The molecule has 8 N–H and O–H groups in total. The van der Waals surface area contributed by atoms with E-state index < -0.39 is 0 Å². The Balaban J connectivity index is 0.845. The van der Waals surface area contributed by atoms with Crippen molar-refractivity contribution in [2.24, 2.45) is 140 Å². The van der Waals surface area contributed by atoms with E-state index in [9.17, 15) is 0 Å². The van der Waals surface area contributed by atoms with Crippen LogP contribution in [0, 0.1) is 140 Å². The molecule has 0 radical (unpaired) electrons. The predicted octanol–water partition coefficient (Wildman–Crippen LogP) is 11.8. The van der Waals surface area contributed by atoms with Crippen LogP contribution in [0.25, 0.3) is 0 Å². The second kappa shape index (κ2) is 18.6. The van der Waals surface area contributed by atoms with Crippen molar-refractivity contribution in [3.8, 4) is 0 Å². The van der Waals surface area contributed by atoms with Crippen molar-refractivity contribution in [1.82, 2.24) is 42.5 Å². The lowest BCUT2D eigenvalue weighted by Gasteiger charge is -2.49. The van der Waals surface area contributed by atoms with Gasteiger partial charge in [-0.15, -0.1) is 0 Å². The van der Waals surface area contributed by atoms with Gasteiger partial charge in [0.1, 0.15) is 0 Å². The molecule has 8 bridgehead atoms. The Hall–Kier alpha value is -0.320. The monoisotopic (exact) mass is 993 g/mol. The molecule has 8 aliphatic carbocycles. The first kappa shape index (κ1) is 51.1. The van der Waals surface area contributed by atoms with E-state index in [1.807, 2.05) is 0 Å². The minimum atomic E-state index is 0.354. The molecule has 8 saturated carbocycles. The molecule has 8 heteroatoms. The summed E-state index contributed by atoms with van der Waals surface area (Å²) < 4.78 is 0. The van der Waals surface area contributed by atoms with Crippen LogP contribution in [0.1, 0.15) is 212 Å². The Morgan fingerprint density at radius 1 is 0.194 bits per heavy atom. The molecule has 0 aromatic rings. The largest absolute Gasteiger partial charge is 0.286 e. The predicted molar refractivity (Wildman–Crippen MR) is 295 cm³/mol. The van der Waals surface area contributed by atoms with Gasteiger partial charge in [0.05, 0.1) is 49.3 Å². The zero-order chi connectivity index (χ0) is 50.0. The molecule has 5 saturated heterocycles. The van der Waals surface area contributed by atoms with Crippen molar-refractivity contribution in [3.05, 3.63) is 0 Å². The maximum atomic E-state index is 4.64. The molecule has 20 unspecified atom stereocenters. The van der Waals surface area contributed by atoms with Gasteiger partial charge < -0.3 is 0 Å². The summed E-state index contributed by atoms with van der Waals surface area (Å²) in [5, 5.41) is 36.7. The molecule has 13 aliphatic rings. The summed E-state index contributed by atoms with van der Waals surface area (Å²) in [7, 11) is 0. The quantitative estimate of drug-likeness (QED) is 0.122. The number of nitrogens with one attached hydrogen (secondary N) is 8. The molecule has 5 aliphatic heterocycles. The van der Waals surface area contributed by atoms with Crippen LogP contribution >= 0.6 is 0 Å². The van der Waals surface area contributed by atoms with E-state index >= 15 is 0 Å². The SMILES string of the molecule is CC(C)(C)C1CCC2CC3C4NC(NC5NC(NC6NC(NC7NC(N4)C4CC8CC(C(C)(C)C)CCC8CC74)C4CC7CC(C(C)(C)C)CCC7CC64)C4CC6CC(C(C)(C)C)CCC6CC54)C3CC2C1. The molecular weight excluding hydrogens is 881 g/mol. The van der Waals surface area contributed by atoms with Crippen molar-refractivity contribution < 1.29 is 0 Å². The van der Waals surface area contributed by atoms with E-state index in [1.54, 1.807) is 0 Å². The van der Waals surface area contributed by atoms with Crippen LogP contribution in [0.4, 0.5) is 0 Å². The first-order valence-electron chi connectivity index (χ1n) is 32.2. The van der Waals surface area contributed by atoms with Gasteiger partial charge in [0.2, 0.25) is 0 Å². The van der Waals surface area contributed by atoms with Crippen LogP contribution < -0.4 is 42.5 Å². The lowest BCUT2D eigenvalue weighted by molar-refractivity contribution is 0.00961. The molecule has 0 amide bonds. The lowest BCUT2D eigenvalue weighted by Crippen LogP contribution is -2.61. The molecule has 408 valence electrons. The first-order valence-corrected chi connectivity index (χ1v) is 32.2. The third kappa shape index (κ3) is 9.33. The van der Waals surface area contributed by atoms with Crippen LogP contribution in [0.3, 0.4) is 0 Å². The second-order valence-electron chi connectivity index (χ2n) is 33.9. The number of hydrogen-bond donors (Lipinski definition) is 8. The molecule has 20 atom stereocenters. The van der Waals surface area contributed by atoms with Crippen molar-refractivity contribution in [2.45, 2.75) is 261 Å². The van der Waals surface area contributed by atoms with Gasteiger partial charge in [-0.3, -0.25) is 42.5 Å². The van der Waals surface area contributed by atoms with Crippen molar-refractivity contribution in [1.29, 1.82) is 0 Å². The Bertz CT molecular complexity index is 1650. The standard InChI is InChI=1S/C64H112N8/c1-61(2,3)41-17-13-33-25-45-49(29-37(33)21-41)57-65-53(45)70-58-51-31-39-23-43(63(7,8)9)19-15-35(39)27-47(51)55(67-58)72-60-52-32-40-24-44(64(10,11)12)20-16-36(40)28-48(52)56(68-60)71-59-50-30-38-22-42(62(4,5)6)18-14-34(38)26-46(50)54(66-59)69-57/h33-60,65-72H,13-32H2,1-12H3. The summed E-state index contributed by atoms with van der Waals surface area (Å²) in [6.07, 6.45) is 31.5. The van der Waals surface area contributed by atoms with E-state index in [0.717, 1.165) is 71.0 Å². The molecule has 13 fully saturated rings. The molecular formula is C64H112N8. The summed E-state index contributed by atoms with van der Waals surface area (Å²) in [4.78, 5) is 0. The number of rotatable bonds is 0. The first-order chi connectivity index (χ1) is 34.1. The van der Waals surface area contributed by atoms with Crippen LogP contribution in [0.5, 0.6) is 0 Å². The minimum Gasteiger partial charge on any atom is -0.286 e. The normalized spacial score (nSPS) is 54.5. The van der Waals surface area contributed by atoms with E-state index in [2.05, 4.69) is 126 Å². The summed E-state index contributed by atoms with van der Waals surface area (Å²) >= 11 is 0. The lowest BCUT2D eigenvalue weighted by atomic mass is 9.57. The maximum Gasteiger partial charge on any atom is 0.0628 e. The van der Waals surface area contributed by atoms with Crippen LogP contribution in [-0.4, -0.2) is 49.3 Å². The minimum absolute atomic E-state index is 0.354. The number of hydrogen-bond acceptors (Lipinski definition) is 8. The Labute approximate surface area is 441 Å². The summed E-state index contributed by atoms with van der Waals surface area (Å²) in [5.74, 6) is 16.0. The van der Waals surface area contributed by atoms with E-state index in [1.165, 1.54) is 128 Å². The molecule has 0 spiro atoms. The highest BCUT2D eigenvalue weighted by atomic mass is 15.4. The fourth-order valence-corrected chi connectivity index (χ4v) is 22.0. The van der Waals surface area contributed by atoms with Gasteiger partial charge in [-0.05, 0) is 268 Å². The van der Waals surface area contributed by atoms with Gasteiger partial charge in [0, 0.05) is 0 Å². The van der Waals surface area contributed by atoms with Crippen LogP contribution in [-0.2, 0) is 0 Å². The molecule has 0 aromatic carbocycles. The topological polar surface area (TPSA) is 96.2 Å². The summed E-state index contributed by atoms with van der Waals surface area (Å²) in [6, 6.07) is 0. The van der Waals surface area contributed by atoms with Crippen molar-refractivity contribution in [3.63, 3.8) is 0 Å². The highest BCUT2D eigenvalue weighted by Gasteiger charge is 2.60. The smallest absolute Gasteiger partial charge is 0.0628 e. The molecule has 8 nitrogen and oxygen atoms in total. The second-order valence-corrected chi connectivity index (χ2v) is 33.9. The van der Waals surface area contributed by atoms with E-state index in [0.29, 0.717) is 118 Å². The Morgan fingerprint density at radius 3 is 0.500 bits per heavy atom. The third-order valence-corrected chi connectivity index (χ3v) is 26.6. The molecule has 0 aromatic heterocycles. The summed E-state index contributed by atoms with van der Waals surface area (Å²) in [5.41, 5.74) is 1.65. The van der Waals surface area contributed by atoms with E-state index in [4.69, 9.17) is 0 Å². The van der Waals surface area contributed by atoms with Gasteiger partial charge in [-0.25, -0.2) is 0 Å². The highest BCUT2D eigenvalue weighted by Crippen LogP contribution is 2.59. The third-order valence-electron chi connectivity index (χ3n) is 26.6. The zero-order valence-electron chi connectivity index (χ0n) is 48.3. The van der Waals surface area contributed by atoms with Gasteiger partial charge >= 0.3 is 0 Å². The highest BCUT2D eigenvalue weighted by molar-refractivity contribution is 5.13. The van der Waals surface area contributed by atoms with Crippen molar-refractivity contribution >= 4 is 0 Å². The molecule has 72 heavy (non-hydrogen) atoms. The molecule has 5 heterocycles. The molecule has 13 rings (SSSR count). The Kier molecular flexibility index (Phi) is 13.2. The fraction of sp³-hybridized carbons (Fsp3) is 1.00. The van der Waals surface area contributed by atoms with Crippen LogP contribution in [0.2, 0.25) is 0 Å². The Morgan fingerprint density at radius 2 is 0.347 bits per heavy atom. The van der Waals surface area contributed by atoms with Crippen molar-refractivity contribution in [2.75, 3.05) is 0 Å². The van der Waals surface area contributed by atoms with Gasteiger partial charge in [-0.2, -0.15) is 0 Å². The average molecular weight is 994 g/mol. The zero-order valence-corrected chi connectivity index (χ0v) is 48.3. The van der Waals surface area contributed by atoms with Gasteiger partial charge in [0.25, 0.3) is 0 Å². The fourth-order valence-electron chi connectivity index (χ4n) is 22.0. The number of fused-ring (bicyclic) bond motifs is 24. The van der Waals surface area contributed by atoms with Crippen LogP contribution in [0.15, 0.2) is 0 Å². The van der Waals surface area contributed by atoms with Gasteiger partial charge in [0.15, 0.2) is 0 Å². The summed E-state index contributed by atoms with van der Waals surface area (Å²) in [6.45, 7) is 30.5.